The lowest BCUT2D eigenvalue weighted by molar-refractivity contribution is 0.0787. The third kappa shape index (κ3) is 3.34. The van der Waals surface area contributed by atoms with Crippen LogP contribution in [0.25, 0.3) is 0 Å². The van der Waals surface area contributed by atoms with Gasteiger partial charge in [-0.05, 0) is 25.3 Å². The summed E-state index contributed by atoms with van der Waals surface area (Å²) in [7, 11) is -3.70. The largest absolute Gasteiger partial charge is 0.372 e. The van der Waals surface area contributed by atoms with Crippen LogP contribution in [-0.2, 0) is 14.8 Å². The molecule has 1 aromatic heterocycles. The van der Waals surface area contributed by atoms with E-state index in [-0.39, 0.29) is 22.9 Å². The van der Waals surface area contributed by atoms with Crippen molar-refractivity contribution in [2.75, 3.05) is 19.7 Å². The highest BCUT2D eigenvalue weighted by Gasteiger charge is 2.31. The van der Waals surface area contributed by atoms with Crippen molar-refractivity contribution >= 4 is 15.9 Å². The van der Waals surface area contributed by atoms with Crippen LogP contribution in [0.1, 0.15) is 29.8 Å². The predicted molar refractivity (Wildman–Crippen MR) is 84.6 cm³/mol. The molecule has 2 fully saturated rings. The molecule has 0 spiro atoms. The van der Waals surface area contributed by atoms with Crippen molar-refractivity contribution in [3.8, 4) is 0 Å². The number of aromatic nitrogens is 1. The lowest BCUT2D eigenvalue weighted by Gasteiger charge is -2.16. The molecule has 3 rings (SSSR count). The number of ether oxygens (including phenoxy) is 1. The molecule has 3 heterocycles. The van der Waals surface area contributed by atoms with Gasteiger partial charge in [-0.25, -0.2) is 13.1 Å². The summed E-state index contributed by atoms with van der Waals surface area (Å²) in [6.45, 7) is 5.59. The second-order valence-corrected chi connectivity index (χ2v) is 7.55. The number of hydrogen-bond donors (Lipinski definition) is 2. The van der Waals surface area contributed by atoms with E-state index in [0.717, 1.165) is 25.9 Å². The fourth-order valence-corrected chi connectivity index (χ4v) is 4.25. The van der Waals surface area contributed by atoms with E-state index in [1.54, 1.807) is 11.0 Å². The summed E-state index contributed by atoms with van der Waals surface area (Å²) in [6, 6.07) is 1.06. The molecule has 0 saturated carbocycles. The molecule has 2 N–H and O–H groups in total. The smallest absolute Gasteiger partial charge is 0.270 e. The summed E-state index contributed by atoms with van der Waals surface area (Å²) >= 11 is 0. The Hall–Kier alpha value is -1.64. The normalized spacial score (nSPS) is 25.0. The first-order valence-electron chi connectivity index (χ1n) is 7.75. The van der Waals surface area contributed by atoms with Gasteiger partial charge in [-0.3, -0.25) is 4.79 Å². The first-order valence-corrected chi connectivity index (χ1v) is 9.24. The van der Waals surface area contributed by atoms with Crippen molar-refractivity contribution < 1.29 is 17.9 Å². The molecule has 0 bridgehead atoms. The van der Waals surface area contributed by atoms with Crippen LogP contribution in [0.5, 0.6) is 0 Å². The van der Waals surface area contributed by atoms with Gasteiger partial charge in [-0.15, -0.1) is 6.58 Å². The molecular weight excluding hydrogens is 318 g/mol. The van der Waals surface area contributed by atoms with Crippen LogP contribution in [0.15, 0.2) is 29.8 Å². The first kappa shape index (κ1) is 16.2. The van der Waals surface area contributed by atoms with Gasteiger partial charge in [0.15, 0.2) is 0 Å². The molecule has 1 amide bonds. The number of rotatable bonds is 5. The number of hydrogen-bond acceptors (Lipinski definition) is 4. The Morgan fingerprint density at radius 3 is 2.87 bits per heavy atom. The summed E-state index contributed by atoms with van der Waals surface area (Å²) in [5, 5.41) is 0. The van der Waals surface area contributed by atoms with E-state index < -0.39 is 10.0 Å². The molecule has 2 aliphatic rings. The highest BCUT2D eigenvalue weighted by molar-refractivity contribution is 7.89. The Labute approximate surface area is 135 Å². The molecular formula is C15H21N3O4S. The second-order valence-electron chi connectivity index (χ2n) is 5.84. The van der Waals surface area contributed by atoms with Crippen LogP contribution < -0.4 is 4.72 Å². The van der Waals surface area contributed by atoms with E-state index in [0.29, 0.717) is 18.7 Å². The molecule has 1 aromatic rings. The van der Waals surface area contributed by atoms with Crippen molar-refractivity contribution in [1.82, 2.24) is 14.6 Å². The van der Waals surface area contributed by atoms with Crippen LogP contribution in [0, 0.1) is 0 Å². The number of likely N-dealkylation sites (tertiary alicyclic amines) is 1. The Morgan fingerprint density at radius 2 is 2.17 bits per heavy atom. The van der Waals surface area contributed by atoms with Gasteiger partial charge in [-0.2, -0.15) is 0 Å². The summed E-state index contributed by atoms with van der Waals surface area (Å²) in [5.74, 6) is -0.155. The quantitative estimate of drug-likeness (QED) is 0.779. The summed E-state index contributed by atoms with van der Waals surface area (Å²) in [4.78, 5) is 16.8. The van der Waals surface area contributed by atoms with Crippen LogP contribution in [0.2, 0.25) is 0 Å². The minimum Gasteiger partial charge on any atom is -0.372 e. The van der Waals surface area contributed by atoms with Crippen LogP contribution in [0.4, 0.5) is 0 Å². The van der Waals surface area contributed by atoms with Gasteiger partial charge >= 0.3 is 0 Å². The number of carbonyl (C=O) groups is 1. The van der Waals surface area contributed by atoms with Crippen LogP contribution in [0.3, 0.4) is 0 Å². The lowest BCUT2D eigenvalue weighted by Crippen LogP contribution is -2.39. The molecule has 2 saturated heterocycles. The molecule has 2 atom stereocenters. The van der Waals surface area contributed by atoms with Crippen molar-refractivity contribution in [3.05, 3.63) is 30.6 Å². The zero-order chi connectivity index (χ0) is 16.4. The standard InChI is InChI=1S/C15H21N3O4S/c1-2-14-12(5-8-22-14)17-23(20,21)11-9-13(16-10-11)15(19)18-6-3-4-7-18/h2,9-10,12,14,16-17H,1,3-8H2/t12-,14+/m1/s1. The number of carbonyl (C=O) groups excluding carboxylic acids is 1. The predicted octanol–water partition coefficient (Wildman–Crippen LogP) is 0.873. The maximum Gasteiger partial charge on any atom is 0.270 e. The molecule has 8 heteroatoms. The van der Waals surface area contributed by atoms with Gasteiger partial charge < -0.3 is 14.6 Å². The van der Waals surface area contributed by atoms with E-state index in [4.69, 9.17) is 4.74 Å². The minimum absolute atomic E-state index is 0.0646. The number of nitrogens with one attached hydrogen (secondary N) is 2. The average molecular weight is 339 g/mol. The van der Waals surface area contributed by atoms with Crippen molar-refractivity contribution in [2.45, 2.75) is 36.3 Å². The van der Waals surface area contributed by atoms with Gasteiger partial charge in [0.25, 0.3) is 5.91 Å². The number of nitrogens with zero attached hydrogens (tertiary/aromatic N) is 1. The molecule has 2 aliphatic heterocycles. The highest BCUT2D eigenvalue weighted by atomic mass is 32.2. The molecule has 0 aromatic carbocycles. The van der Waals surface area contributed by atoms with Crippen molar-refractivity contribution in [2.24, 2.45) is 0 Å². The maximum atomic E-state index is 12.5. The Kier molecular flexibility index (Phi) is 4.56. The summed E-state index contributed by atoms with van der Waals surface area (Å²) in [5.41, 5.74) is 0.301. The molecule has 0 radical (unpaired) electrons. The zero-order valence-electron chi connectivity index (χ0n) is 12.8. The number of aromatic amines is 1. The number of amides is 1. The fourth-order valence-electron chi connectivity index (χ4n) is 2.98. The Bertz CT molecular complexity index is 691. The van der Waals surface area contributed by atoms with Crippen molar-refractivity contribution in [1.29, 1.82) is 0 Å². The zero-order valence-corrected chi connectivity index (χ0v) is 13.6. The Balaban J connectivity index is 1.73. The third-order valence-corrected chi connectivity index (χ3v) is 5.73. The Morgan fingerprint density at radius 1 is 1.43 bits per heavy atom. The SMILES string of the molecule is C=C[C@@H]1OCC[C@H]1NS(=O)(=O)c1c[nH]c(C(=O)N2CCCC2)c1. The van der Waals surface area contributed by atoms with Gasteiger partial charge in [-0.1, -0.05) is 6.08 Å². The molecule has 23 heavy (non-hydrogen) atoms. The van der Waals surface area contributed by atoms with E-state index in [2.05, 4.69) is 16.3 Å². The van der Waals surface area contributed by atoms with Gasteiger partial charge in [0.1, 0.15) is 10.6 Å². The molecule has 126 valence electrons. The van der Waals surface area contributed by atoms with Gasteiger partial charge in [0.2, 0.25) is 10.0 Å². The van der Waals surface area contributed by atoms with Crippen molar-refractivity contribution in [3.63, 3.8) is 0 Å². The summed E-state index contributed by atoms with van der Waals surface area (Å²) < 4.78 is 32.9. The highest BCUT2D eigenvalue weighted by Crippen LogP contribution is 2.19. The molecule has 0 aliphatic carbocycles. The first-order chi connectivity index (χ1) is 11.0. The molecule has 0 unspecified atom stereocenters. The van der Waals surface area contributed by atoms with E-state index >= 15 is 0 Å². The fraction of sp³-hybridized carbons (Fsp3) is 0.533. The monoisotopic (exact) mass is 339 g/mol. The van der Waals surface area contributed by atoms with E-state index in [9.17, 15) is 13.2 Å². The lowest BCUT2D eigenvalue weighted by atomic mass is 10.1. The van der Waals surface area contributed by atoms with Gasteiger partial charge in [0, 0.05) is 25.9 Å². The topological polar surface area (TPSA) is 91.5 Å². The minimum atomic E-state index is -3.70. The van der Waals surface area contributed by atoms with Crippen LogP contribution in [-0.4, -0.2) is 56.1 Å². The van der Waals surface area contributed by atoms with E-state index in [1.165, 1.54) is 12.3 Å². The summed E-state index contributed by atoms with van der Waals surface area (Å²) in [6.07, 6.45) is 5.20. The van der Waals surface area contributed by atoms with Gasteiger partial charge in [0.05, 0.1) is 12.1 Å². The maximum absolute atomic E-state index is 12.5. The van der Waals surface area contributed by atoms with Crippen LogP contribution >= 0.6 is 0 Å². The van der Waals surface area contributed by atoms with E-state index in [1.807, 2.05) is 0 Å². The number of sulfonamides is 1. The molecule has 7 nitrogen and oxygen atoms in total. The number of H-pyrrole nitrogens is 1. The average Bonchev–Trinajstić information content (AvgIpc) is 3.27. The third-order valence-electron chi connectivity index (χ3n) is 4.27. The second kappa shape index (κ2) is 6.46.